The number of nitrogens with zero attached hydrogens (tertiary/aromatic N) is 2. The summed E-state index contributed by atoms with van der Waals surface area (Å²) in [6.45, 7) is 0.708. The van der Waals surface area contributed by atoms with E-state index in [0.717, 1.165) is 25.5 Å². The topological polar surface area (TPSA) is 66.1 Å². The van der Waals surface area contributed by atoms with Gasteiger partial charge in [-0.05, 0) is 19.3 Å². The van der Waals surface area contributed by atoms with Gasteiger partial charge in [-0.2, -0.15) is 0 Å². The molecule has 6 heteroatoms. The fourth-order valence-corrected chi connectivity index (χ4v) is 2.15. The number of H-pyrrole nitrogens is 1. The maximum atomic E-state index is 11.3. The molecule has 1 atom stereocenters. The van der Waals surface area contributed by atoms with Crippen molar-refractivity contribution in [1.82, 2.24) is 9.97 Å². The van der Waals surface area contributed by atoms with Crippen LogP contribution in [0.15, 0.2) is 11.1 Å². The number of nitrogens with one attached hydrogen (secondary N) is 1. The second kappa shape index (κ2) is 4.65. The van der Waals surface area contributed by atoms with Crippen molar-refractivity contribution in [2.24, 2.45) is 0 Å². The Morgan fingerprint density at radius 3 is 3.12 bits per heavy atom. The monoisotopic (exact) mass is 241 g/mol. The van der Waals surface area contributed by atoms with E-state index in [9.17, 15) is 9.59 Å². The molecule has 0 aliphatic carbocycles. The van der Waals surface area contributed by atoms with Crippen LogP contribution < -0.4 is 10.5 Å². The normalized spacial score (nSPS) is 20.8. The number of hydrogen-bond acceptors (Lipinski definition) is 4. The number of aldehydes is 1. The van der Waals surface area contributed by atoms with E-state index in [1.165, 1.54) is 6.33 Å². The molecule has 1 saturated heterocycles. The second-order valence-electron chi connectivity index (χ2n) is 3.76. The highest BCUT2D eigenvalue weighted by atomic mass is 35.5. The number of aromatic amines is 1. The first kappa shape index (κ1) is 11.1. The molecule has 0 aromatic carbocycles. The third-order valence-electron chi connectivity index (χ3n) is 2.76. The lowest BCUT2D eigenvalue weighted by molar-refractivity contribution is -0.109. The van der Waals surface area contributed by atoms with E-state index in [1.807, 2.05) is 0 Å². The van der Waals surface area contributed by atoms with Gasteiger partial charge in [-0.25, -0.2) is 4.98 Å². The summed E-state index contributed by atoms with van der Waals surface area (Å²) >= 11 is 5.88. The number of hydrogen-bond donors (Lipinski definition) is 1. The van der Waals surface area contributed by atoms with Gasteiger partial charge >= 0.3 is 0 Å². The van der Waals surface area contributed by atoms with Crippen molar-refractivity contribution in [1.29, 1.82) is 0 Å². The van der Waals surface area contributed by atoms with Gasteiger partial charge in [-0.3, -0.25) is 4.79 Å². The van der Waals surface area contributed by atoms with E-state index < -0.39 is 0 Å². The lowest BCUT2D eigenvalue weighted by Crippen LogP contribution is -2.41. The van der Waals surface area contributed by atoms with Crippen molar-refractivity contribution in [3.63, 3.8) is 0 Å². The summed E-state index contributed by atoms with van der Waals surface area (Å²) in [5.74, 6) is 0.405. The lowest BCUT2D eigenvalue weighted by atomic mass is 10.0. The molecule has 0 radical (unpaired) electrons. The predicted molar refractivity (Wildman–Crippen MR) is 60.9 cm³/mol. The van der Waals surface area contributed by atoms with Crippen LogP contribution in [0.5, 0.6) is 0 Å². The van der Waals surface area contributed by atoms with Crippen LogP contribution in [0.3, 0.4) is 0 Å². The molecule has 16 heavy (non-hydrogen) atoms. The van der Waals surface area contributed by atoms with E-state index in [1.54, 1.807) is 4.90 Å². The van der Waals surface area contributed by atoms with Gasteiger partial charge in [-0.15, -0.1) is 0 Å². The van der Waals surface area contributed by atoms with Crippen molar-refractivity contribution < 1.29 is 4.79 Å². The van der Waals surface area contributed by atoms with E-state index in [2.05, 4.69) is 9.97 Å². The zero-order valence-electron chi connectivity index (χ0n) is 8.65. The van der Waals surface area contributed by atoms with Gasteiger partial charge in [0.1, 0.15) is 11.3 Å². The summed E-state index contributed by atoms with van der Waals surface area (Å²) in [4.78, 5) is 30.5. The summed E-state index contributed by atoms with van der Waals surface area (Å²) in [7, 11) is 0. The number of piperidine rings is 1. The molecular weight excluding hydrogens is 230 g/mol. The minimum absolute atomic E-state index is 0.0521. The molecule has 86 valence electrons. The molecule has 1 aromatic rings. The number of aromatic nitrogens is 2. The minimum atomic E-state index is -0.373. The van der Waals surface area contributed by atoms with Gasteiger partial charge in [0.2, 0.25) is 0 Å². The summed E-state index contributed by atoms with van der Waals surface area (Å²) < 4.78 is 0. The van der Waals surface area contributed by atoms with Crippen LogP contribution >= 0.6 is 11.6 Å². The molecular formula is C10H12ClN3O2. The Morgan fingerprint density at radius 2 is 2.38 bits per heavy atom. The molecule has 1 aliphatic rings. The fourth-order valence-electron chi connectivity index (χ4n) is 1.94. The molecule has 0 saturated carbocycles. The average Bonchev–Trinajstić information content (AvgIpc) is 2.33. The average molecular weight is 242 g/mol. The Balaban J connectivity index is 2.38. The molecule has 0 amide bonds. The summed E-state index contributed by atoms with van der Waals surface area (Å²) in [6.07, 6.45) is 4.97. The first-order valence-electron chi connectivity index (χ1n) is 5.19. The quantitative estimate of drug-likeness (QED) is 0.784. The van der Waals surface area contributed by atoms with Crippen LogP contribution in [-0.2, 0) is 4.79 Å². The number of halogens is 1. The number of carbonyl (C=O) groups excluding carboxylic acids is 1. The predicted octanol–water partition coefficient (Wildman–Crippen LogP) is 0.981. The third-order valence-corrected chi connectivity index (χ3v) is 3.10. The molecule has 2 rings (SSSR count). The van der Waals surface area contributed by atoms with Crippen molar-refractivity contribution in [2.45, 2.75) is 25.3 Å². The molecule has 1 aliphatic heterocycles. The molecule has 2 heterocycles. The highest BCUT2D eigenvalue weighted by Crippen LogP contribution is 2.25. The molecule has 0 spiro atoms. The first-order chi connectivity index (χ1) is 7.74. The van der Waals surface area contributed by atoms with E-state index in [4.69, 9.17) is 11.6 Å². The first-order valence-corrected chi connectivity index (χ1v) is 5.57. The van der Waals surface area contributed by atoms with Gasteiger partial charge < -0.3 is 14.7 Å². The molecule has 5 nitrogen and oxygen atoms in total. The smallest absolute Gasteiger partial charge is 0.271 e. The number of carbonyl (C=O) groups is 1. The highest BCUT2D eigenvalue weighted by molar-refractivity contribution is 6.32. The Labute approximate surface area is 97.4 Å². The third kappa shape index (κ3) is 1.95. The molecule has 1 N–H and O–H groups in total. The van der Waals surface area contributed by atoms with Crippen LogP contribution in [0.2, 0.25) is 5.02 Å². The summed E-state index contributed by atoms with van der Waals surface area (Å²) in [5.41, 5.74) is -0.373. The Morgan fingerprint density at radius 1 is 1.56 bits per heavy atom. The molecule has 1 aromatic heterocycles. The molecule has 1 fully saturated rings. The number of anilines is 1. The van der Waals surface area contributed by atoms with Gasteiger partial charge in [0.25, 0.3) is 5.56 Å². The summed E-state index contributed by atoms with van der Waals surface area (Å²) in [6, 6.07) is -0.222. The van der Waals surface area contributed by atoms with E-state index in [0.29, 0.717) is 12.4 Å². The van der Waals surface area contributed by atoms with Crippen molar-refractivity contribution in [3.05, 3.63) is 21.7 Å². The summed E-state index contributed by atoms with van der Waals surface area (Å²) in [5, 5.41) is 0.0521. The second-order valence-corrected chi connectivity index (χ2v) is 4.14. The SMILES string of the molecule is O=CC1CCCCN1c1nc[nH]c(=O)c1Cl. The van der Waals surface area contributed by atoms with Crippen LogP contribution in [0.1, 0.15) is 19.3 Å². The Hall–Kier alpha value is -1.36. The minimum Gasteiger partial charge on any atom is -0.345 e. The van der Waals surface area contributed by atoms with Gasteiger partial charge in [-0.1, -0.05) is 11.6 Å². The Bertz CT molecular complexity index is 446. The van der Waals surface area contributed by atoms with Gasteiger partial charge in [0, 0.05) is 6.54 Å². The van der Waals surface area contributed by atoms with Crippen LogP contribution in [0.25, 0.3) is 0 Å². The maximum absolute atomic E-state index is 11.3. The fraction of sp³-hybridized carbons (Fsp3) is 0.500. The van der Waals surface area contributed by atoms with E-state index >= 15 is 0 Å². The highest BCUT2D eigenvalue weighted by Gasteiger charge is 2.25. The van der Waals surface area contributed by atoms with Crippen molar-refractivity contribution >= 4 is 23.7 Å². The molecule has 0 bridgehead atoms. The maximum Gasteiger partial charge on any atom is 0.271 e. The zero-order chi connectivity index (χ0) is 11.5. The standard InChI is InChI=1S/C10H12ClN3O2/c11-8-9(12-6-13-10(8)16)14-4-2-1-3-7(14)5-15/h5-7H,1-4H2,(H,12,13,16). The molecule has 1 unspecified atom stereocenters. The van der Waals surface area contributed by atoms with Gasteiger partial charge in [0.15, 0.2) is 5.82 Å². The lowest BCUT2D eigenvalue weighted by Gasteiger charge is -2.33. The van der Waals surface area contributed by atoms with Crippen molar-refractivity contribution in [2.75, 3.05) is 11.4 Å². The van der Waals surface area contributed by atoms with E-state index in [-0.39, 0.29) is 16.6 Å². The zero-order valence-corrected chi connectivity index (χ0v) is 9.41. The van der Waals surface area contributed by atoms with Crippen LogP contribution in [-0.4, -0.2) is 28.8 Å². The van der Waals surface area contributed by atoms with Crippen LogP contribution in [0.4, 0.5) is 5.82 Å². The Kier molecular flexibility index (Phi) is 3.24. The number of rotatable bonds is 2. The van der Waals surface area contributed by atoms with Gasteiger partial charge in [0.05, 0.1) is 12.4 Å². The van der Waals surface area contributed by atoms with Crippen molar-refractivity contribution in [3.8, 4) is 0 Å². The van der Waals surface area contributed by atoms with Crippen LogP contribution in [0, 0.1) is 0 Å². The largest absolute Gasteiger partial charge is 0.345 e.